The van der Waals surface area contributed by atoms with Crippen LogP contribution >= 0.6 is 27.5 Å². The summed E-state index contributed by atoms with van der Waals surface area (Å²) in [6, 6.07) is 5.38. The zero-order valence-corrected chi connectivity index (χ0v) is 13.3. The predicted molar refractivity (Wildman–Crippen MR) is 80.2 cm³/mol. The van der Waals surface area contributed by atoms with Crippen molar-refractivity contribution in [2.75, 3.05) is 0 Å². The van der Waals surface area contributed by atoms with E-state index in [2.05, 4.69) is 35.1 Å². The van der Waals surface area contributed by atoms with E-state index < -0.39 is 0 Å². The highest BCUT2D eigenvalue weighted by molar-refractivity contribution is 9.10. The maximum atomic E-state index is 12.0. The Labute approximate surface area is 122 Å². The first-order valence-corrected chi connectivity index (χ1v) is 7.37. The van der Waals surface area contributed by atoms with Crippen molar-refractivity contribution in [3.05, 3.63) is 33.3 Å². The summed E-state index contributed by atoms with van der Waals surface area (Å²) in [5, 5.41) is 3.62. The molecule has 0 heterocycles. The molecule has 0 aromatic heterocycles. The molecule has 2 unspecified atom stereocenters. The largest absolute Gasteiger partial charge is 0.350 e. The highest BCUT2D eigenvalue weighted by Gasteiger charge is 2.12. The Hall–Kier alpha value is -0.540. The second-order valence-electron chi connectivity index (χ2n) is 4.75. The van der Waals surface area contributed by atoms with Crippen molar-refractivity contribution in [2.45, 2.75) is 39.7 Å². The highest BCUT2D eigenvalue weighted by atomic mass is 79.9. The zero-order valence-electron chi connectivity index (χ0n) is 11.0. The summed E-state index contributed by atoms with van der Waals surface area (Å²) in [7, 11) is 0. The van der Waals surface area contributed by atoms with E-state index >= 15 is 0 Å². The van der Waals surface area contributed by atoms with Crippen LogP contribution in [-0.2, 0) is 0 Å². The molecule has 1 rings (SSSR count). The second kappa shape index (κ2) is 7.15. The molecule has 0 fully saturated rings. The summed E-state index contributed by atoms with van der Waals surface area (Å²) < 4.78 is 0.742. The molecule has 0 aliphatic carbocycles. The zero-order chi connectivity index (χ0) is 13.7. The number of benzene rings is 1. The Morgan fingerprint density at radius 3 is 2.67 bits per heavy atom. The summed E-state index contributed by atoms with van der Waals surface area (Å²) in [6.07, 6.45) is 2.13. The van der Waals surface area contributed by atoms with Gasteiger partial charge in [-0.3, -0.25) is 4.79 Å². The van der Waals surface area contributed by atoms with Crippen molar-refractivity contribution in [1.29, 1.82) is 0 Å². The minimum absolute atomic E-state index is 0.0526. The van der Waals surface area contributed by atoms with Crippen LogP contribution in [0.3, 0.4) is 0 Å². The molecule has 0 saturated heterocycles. The van der Waals surface area contributed by atoms with Crippen LogP contribution in [0.4, 0.5) is 0 Å². The number of halogens is 2. The number of hydrogen-bond acceptors (Lipinski definition) is 1. The molecular formula is C14H19BrClNO. The van der Waals surface area contributed by atoms with E-state index in [4.69, 9.17) is 11.6 Å². The normalized spacial score (nSPS) is 14.1. The fourth-order valence-electron chi connectivity index (χ4n) is 1.77. The van der Waals surface area contributed by atoms with Crippen LogP contribution in [0.2, 0.25) is 5.02 Å². The molecule has 2 atom stereocenters. The monoisotopic (exact) mass is 331 g/mol. The summed E-state index contributed by atoms with van der Waals surface area (Å²) >= 11 is 9.22. The Morgan fingerprint density at radius 1 is 1.44 bits per heavy atom. The van der Waals surface area contributed by atoms with Crippen LogP contribution < -0.4 is 5.32 Å². The van der Waals surface area contributed by atoms with Crippen LogP contribution in [0.1, 0.15) is 44.0 Å². The van der Waals surface area contributed by atoms with Crippen LogP contribution in [0.5, 0.6) is 0 Å². The number of hydrogen-bond donors (Lipinski definition) is 1. The molecule has 100 valence electrons. The van der Waals surface area contributed by atoms with Crippen LogP contribution in [0.15, 0.2) is 22.7 Å². The molecule has 1 aromatic carbocycles. The van der Waals surface area contributed by atoms with Crippen LogP contribution in [0, 0.1) is 5.92 Å². The third kappa shape index (κ3) is 4.62. The summed E-state index contributed by atoms with van der Waals surface area (Å²) in [5.74, 6) is 0.570. The molecule has 2 nitrogen and oxygen atoms in total. The third-order valence-electron chi connectivity index (χ3n) is 3.01. The van der Waals surface area contributed by atoms with Gasteiger partial charge in [0, 0.05) is 16.1 Å². The molecule has 0 saturated carbocycles. The van der Waals surface area contributed by atoms with Gasteiger partial charge in [-0.2, -0.15) is 0 Å². The second-order valence-corrected chi connectivity index (χ2v) is 6.01. The third-order valence-corrected chi connectivity index (χ3v) is 4.23. The van der Waals surface area contributed by atoms with Crippen molar-refractivity contribution < 1.29 is 4.79 Å². The van der Waals surface area contributed by atoms with Gasteiger partial charge in [0.1, 0.15) is 0 Å². The lowest BCUT2D eigenvalue weighted by Crippen LogP contribution is -2.33. The first-order valence-electron chi connectivity index (χ1n) is 6.20. The summed E-state index contributed by atoms with van der Waals surface area (Å²) in [6.45, 7) is 6.39. The Balaban J connectivity index is 2.62. The van der Waals surface area contributed by atoms with E-state index in [-0.39, 0.29) is 11.9 Å². The number of nitrogens with one attached hydrogen (secondary N) is 1. The van der Waals surface area contributed by atoms with Crippen LogP contribution in [-0.4, -0.2) is 11.9 Å². The molecule has 1 amide bonds. The maximum Gasteiger partial charge on any atom is 0.251 e. The molecule has 0 radical (unpaired) electrons. The summed E-state index contributed by atoms with van der Waals surface area (Å²) in [4.78, 5) is 12.0. The highest BCUT2D eigenvalue weighted by Crippen LogP contribution is 2.23. The van der Waals surface area contributed by atoms with Gasteiger partial charge in [0.05, 0.1) is 5.02 Å². The summed E-state index contributed by atoms with van der Waals surface area (Å²) in [5.41, 5.74) is 0.627. The first-order chi connectivity index (χ1) is 8.43. The smallest absolute Gasteiger partial charge is 0.251 e. The molecule has 0 aliphatic heterocycles. The number of amides is 1. The minimum Gasteiger partial charge on any atom is -0.350 e. The molecule has 1 N–H and O–H groups in total. The van der Waals surface area contributed by atoms with Crippen molar-refractivity contribution in [3.8, 4) is 0 Å². The first kappa shape index (κ1) is 15.5. The Kier molecular flexibility index (Phi) is 6.16. The van der Waals surface area contributed by atoms with Crippen molar-refractivity contribution >= 4 is 33.4 Å². The van der Waals surface area contributed by atoms with Gasteiger partial charge in [0.2, 0.25) is 0 Å². The van der Waals surface area contributed by atoms with Crippen molar-refractivity contribution in [1.82, 2.24) is 5.32 Å². The van der Waals surface area contributed by atoms with E-state index in [0.29, 0.717) is 16.5 Å². The van der Waals surface area contributed by atoms with Gasteiger partial charge in [-0.05, 0) is 53.4 Å². The fraction of sp³-hybridized carbons (Fsp3) is 0.500. The van der Waals surface area contributed by atoms with E-state index in [1.165, 1.54) is 0 Å². The lowest BCUT2D eigenvalue weighted by Gasteiger charge is -2.17. The molecular weight excluding hydrogens is 314 g/mol. The lowest BCUT2D eigenvalue weighted by atomic mass is 10.0. The van der Waals surface area contributed by atoms with E-state index in [1.54, 1.807) is 18.2 Å². The number of carbonyl (C=O) groups excluding carboxylic acids is 1. The van der Waals surface area contributed by atoms with Gasteiger partial charge in [0.25, 0.3) is 5.91 Å². The Bertz CT molecular complexity index is 422. The van der Waals surface area contributed by atoms with Gasteiger partial charge in [-0.1, -0.05) is 31.9 Å². The molecule has 0 spiro atoms. The van der Waals surface area contributed by atoms with Gasteiger partial charge in [0.15, 0.2) is 0 Å². The maximum absolute atomic E-state index is 12.0. The molecule has 18 heavy (non-hydrogen) atoms. The molecule has 0 bridgehead atoms. The molecule has 4 heteroatoms. The topological polar surface area (TPSA) is 29.1 Å². The SMILES string of the molecule is CCC(C)CC(C)NC(=O)c1ccc(Cl)c(Br)c1. The van der Waals surface area contributed by atoms with Crippen molar-refractivity contribution in [3.63, 3.8) is 0 Å². The van der Waals surface area contributed by atoms with Gasteiger partial charge in [-0.25, -0.2) is 0 Å². The van der Waals surface area contributed by atoms with E-state index in [0.717, 1.165) is 17.3 Å². The lowest BCUT2D eigenvalue weighted by molar-refractivity contribution is 0.0935. The fourth-order valence-corrected chi connectivity index (χ4v) is 2.27. The van der Waals surface area contributed by atoms with E-state index in [1.807, 2.05) is 6.92 Å². The Morgan fingerprint density at radius 2 is 2.11 bits per heavy atom. The number of rotatable bonds is 5. The van der Waals surface area contributed by atoms with Gasteiger partial charge >= 0.3 is 0 Å². The average molecular weight is 333 g/mol. The molecule has 1 aromatic rings. The van der Waals surface area contributed by atoms with Crippen LogP contribution in [0.25, 0.3) is 0 Å². The van der Waals surface area contributed by atoms with Gasteiger partial charge in [-0.15, -0.1) is 0 Å². The van der Waals surface area contributed by atoms with Gasteiger partial charge < -0.3 is 5.32 Å². The predicted octanol–water partition coefficient (Wildman–Crippen LogP) is 4.66. The van der Waals surface area contributed by atoms with E-state index in [9.17, 15) is 4.79 Å². The average Bonchev–Trinajstić information content (AvgIpc) is 2.32. The molecule has 0 aliphatic rings. The number of carbonyl (C=O) groups is 1. The van der Waals surface area contributed by atoms with Crippen molar-refractivity contribution in [2.24, 2.45) is 5.92 Å². The standard InChI is InChI=1S/C14H19BrClNO/c1-4-9(2)7-10(3)17-14(18)11-5-6-13(16)12(15)8-11/h5-6,8-10H,4,7H2,1-3H3,(H,17,18). The minimum atomic E-state index is -0.0526. The quantitative estimate of drug-likeness (QED) is 0.835.